The van der Waals surface area contributed by atoms with Crippen molar-refractivity contribution in [3.8, 4) is 0 Å². The summed E-state index contributed by atoms with van der Waals surface area (Å²) in [4.78, 5) is 26.9. The van der Waals surface area contributed by atoms with E-state index < -0.39 is 17.4 Å². The summed E-state index contributed by atoms with van der Waals surface area (Å²) in [7, 11) is 0. The molecule has 36 heavy (non-hydrogen) atoms. The Kier molecular flexibility index (Phi) is 5.40. The second kappa shape index (κ2) is 7.80. The summed E-state index contributed by atoms with van der Waals surface area (Å²) in [6.45, 7) is 14.2. The number of hydrogen-bond acceptors (Lipinski definition) is 4. The highest BCUT2D eigenvalue weighted by Crippen LogP contribution is 2.82. The number of allylic oxidation sites excluding steroid dienone is 4. The molecule has 0 aromatic heterocycles. The van der Waals surface area contributed by atoms with Gasteiger partial charge in [0, 0.05) is 10.8 Å². The SMILES string of the molecule is CC(C)[C@@H](C)C=C[C@@H](C)[C@H]1CC[C@@H]2[C@]1(C)CC[C@H]1[C@]23C=C[C@]2(C[C@@H](O)CC[C@]12C)C1C(=O)OC(=O)C13. The molecule has 4 saturated carbocycles. The van der Waals surface area contributed by atoms with Crippen LogP contribution in [0.3, 0.4) is 0 Å². The first-order valence-electron chi connectivity index (χ1n) is 14.7. The quantitative estimate of drug-likeness (QED) is 0.281. The minimum atomic E-state index is -0.459. The number of cyclic esters (lactones) is 2. The van der Waals surface area contributed by atoms with Crippen molar-refractivity contribution in [1.82, 2.24) is 0 Å². The van der Waals surface area contributed by atoms with E-state index in [4.69, 9.17) is 4.74 Å². The molecule has 7 aliphatic rings. The molecule has 4 heteroatoms. The van der Waals surface area contributed by atoms with E-state index in [1.54, 1.807) is 0 Å². The van der Waals surface area contributed by atoms with Crippen molar-refractivity contribution in [2.45, 2.75) is 92.6 Å². The molecule has 0 aromatic carbocycles. The molecule has 1 saturated heterocycles. The van der Waals surface area contributed by atoms with Crippen LogP contribution in [0, 0.1) is 69.0 Å². The number of carbonyl (C=O) groups excluding carboxylic acids is 2. The Labute approximate surface area is 217 Å². The Balaban J connectivity index is 1.44. The number of aliphatic hydroxyl groups is 1. The van der Waals surface area contributed by atoms with Crippen molar-refractivity contribution in [2.75, 3.05) is 0 Å². The molecule has 0 aromatic rings. The third-order valence-corrected chi connectivity index (χ3v) is 13.2. The third kappa shape index (κ3) is 2.81. The lowest BCUT2D eigenvalue weighted by molar-refractivity contribution is -0.241. The molecule has 2 spiro atoms. The lowest BCUT2D eigenvalue weighted by Crippen LogP contribution is -2.72. The van der Waals surface area contributed by atoms with E-state index in [9.17, 15) is 14.7 Å². The molecule has 198 valence electrons. The van der Waals surface area contributed by atoms with Gasteiger partial charge >= 0.3 is 11.9 Å². The smallest absolute Gasteiger partial charge is 0.318 e. The fourth-order valence-electron chi connectivity index (χ4n) is 11.2. The van der Waals surface area contributed by atoms with Gasteiger partial charge in [-0.05, 0) is 91.3 Å². The van der Waals surface area contributed by atoms with Crippen molar-refractivity contribution in [3.05, 3.63) is 24.3 Å². The van der Waals surface area contributed by atoms with Gasteiger partial charge in [0.2, 0.25) is 0 Å². The molecule has 1 aliphatic heterocycles. The maximum atomic E-state index is 13.5. The van der Waals surface area contributed by atoms with Gasteiger partial charge in [-0.1, -0.05) is 65.8 Å². The van der Waals surface area contributed by atoms with E-state index in [2.05, 4.69) is 65.8 Å². The number of esters is 2. The molecule has 5 fully saturated rings. The lowest BCUT2D eigenvalue weighted by atomic mass is 9.28. The highest BCUT2D eigenvalue weighted by molar-refractivity contribution is 5.99. The number of hydrogen-bond donors (Lipinski definition) is 1. The summed E-state index contributed by atoms with van der Waals surface area (Å²) < 4.78 is 5.49. The zero-order chi connectivity index (χ0) is 25.8. The van der Waals surface area contributed by atoms with Gasteiger partial charge in [0.25, 0.3) is 0 Å². The van der Waals surface area contributed by atoms with Crippen LogP contribution in [0.2, 0.25) is 0 Å². The zero-order valence-corrected chi connectivity index (χ0v) is 23.1. The van der Waals surface area contributed by atoms with Gasteiger partial charge in [0.05, 0.1) is 17.9 Å². The average molecular weight is 495 g/mol. The zero-order valence-electron chi connectivity index (χ0n) is 23.1. The maximum Gasteiger partial charge on any atom is 0.318 e. The van der Waals surface area contributed by atoms with Crippen LogP contribution < -0.4 is 0 Å². The Morgan fingerprint density at radius 3 is 2.36 bits per heavy atom. The van der Waals surface area contributed by atoms with Gasteiger partial charge in [0.15, 0.2) is 0 Å². The van der Waals surface area contributed by atoms with Crippen LogP contribution in [0.15, 0.2) is 24.3 Å². The van der Waals surface area contributed by atoms with Gasteiger partial charge in [-0.3, -0.25) is 9.59 Å². The molecule has 1 N–H and O–H groups in total. The minimum absolute atomic E-state index is 0.0799. The van der Waals surface area contributed by atoms with Crippen LogP contribution >= 0.6 is 0 Å². The first-order valence-corrected chi connectivity index (χ1v) is 14.7. The summed E-state index contributed by atoms with van der Waals surface area (Å²) in [6, 6.07) is 0. The van der Waals surface area contributed by atoms with E-state index in [0.29, 0.717) is 41.9 Å². The van der Waals surface area contributed by atoms with E-state index in [1.165, 1.54) is 12.8 Å². The summed E-state index contributed by atoms with van der Waals surface area (Å²) in [6.07, 6.45) is 16.1. The molecule has 12 atom stereocenters. The van der Waals surface area contributed by atoms with E-state index in [-0.39, 0.29) is 34.1 Å². The molecular weight excluding hydrogens is 448 g/mol. The topological polar surface area (TPSA) is 63.6 Å². The molecular formula is C32H46O4. The van der Waals surface area contributed by atoms with Crippen LogP contribution in [-0.4, -0.2) is 23.1 Å². The fourth-order valence-corrected chi connectivity index (χ4v) is 11.2. The second-order valence-corrected chi connectivity index (χ2v) is 14.6. The first kappa shape index (κ1) is 24.9. The highest BCUT2D eigenvalue weighted by atomic mass is 16.6. The Morgan fingerprint density at radius 1 is 0.917 bits per heavy atom. The highest BCUT2D eigenvalue weighted by Gasteiger charge is 2.81. The van der Waals surface area contributed by atoms with Crippen molar-refractivity contribution in [3.63, 3.8) is 0 Å². The molecule has 2 unspecified atom stereocenters. The summed E-state index contributed by atoms with van der Waals surface area (Å²) in [5, 5.41) is 10.8. The number of rotatable bonds is 4. The Hall–Kier alpha value is -1.42. The monoisotopic (exact) mass is 494 g/mol. The van der Waals surface area contributed by atoms with Crippen LogP contribution in [0.5, 0.6) is 0 Å². The van der Waals surface area contributed by atoms with Crippen molar-refractivity contribution >= 4 is 11.9 Å². The van der Waals surface area contributed by atoms with Gasteiger partial charge in [-0.15, -0.1) is 0 Å². The normalized spacial score (nSPS) is 52.7. The average Bonchev–Trinajstić information content (AvgIpc) is 3.34. The minimum Gasteiger partial charge on any atom is -0.393 e. The predicted octanol–water partition coefficient (Wildman–Crippen LogP) is 6.34. The first-order chi connectivity index (χ1) is 16.9. The largest absolute Gasteiger partial charge is 0.393 e. The number of carbonyl (C=O) groups is 2. The Bertz CT molecular complexity index is 1030. The molecule has 2 bridgehead atoms. The van der Waals surface area contributed by atoms with Crippen molar-refractivity contribution < 1.29 is 19.4 Å². The number of fused-ring (bicyclic) bond motifs is 1. The second-order valence-electron chi connectivity index (χ2n) is 14.6. The van der Waals surface area contributed by atoms with Crippen LogP contribution in [0.4, 0.5) is 0 Å². The fraction of sp³-hybridized carbons (Fsp3) is 0.812. The van der Waals surface area contributed by atoms with Gasteiger partial charge in [0.1, 0.15) is 0 Å². The molecule has 0 radical (unpaired) electrons. The van der Waals surface area contributed by atoms with Crippen molar-refractivity contribution in [1.29, 1.82) is 0 Å². The van der Waals surface area contributed by atoms with Crippen molar-refractivity contribution in [2.24, 2.45) is 69.0 Å². The molecule has 4 nitrogen and oxygen atoms in total. The summed E-state index contributed by atoms with van der Waals surface area (Å²) in [5.41, 5.74) is -0.698. The Morgan fingerprint density at radius 2 is 1.64 bits per heavy atom. The molecule has 6 aliphatic carbocycles. The molecule has 0 amide bonds. The number of ether oxygens (including phenoxy) is 1. The van der Waals surface area contributed by atoms with Crippen LogP contribution in [-0.2, 0) is 14.3 Å². The van der Waals surface area contributed by atoms with Crippen LogP contribution in [0.25, 0.3) is 0 Å². The van der Waals surface area contributed by atoms with E-state index >= 15 is 0 Å². The van der Waals surface area contributed by atoms with Crippen LogP contribution in [0.1, 0.15) is 86.5 Å². The maximum absolute atomic E-state index is 13.5. The van der Waals surface area contributed by atoms with E-state index in [0.717, 1.165) is 25.7 Å². The molecule has 7 rings (SSSR count). The summed E-state index contributed by atoms with van der Waals surface area (Å²) >= 11 is 0. The number of aliphatic hydroxyl groups excluding tert-OH is 1. The third-order valence-electron chi connectivity index (χ3n) is 13.2. The predicted molar refractivity (Wildman–Crippen MR) is 139 cm³/mol. The lowest BCUT2D eigenvalue weighted by Gasteiger charge is -2.74. The van der Waals surface area contributed by atoms with E-state index in [1.807, 2.05) is 0 Å². The summed E-state index contributed by atoms with van der Waals surface area (Å²) in [5.74, 6) is 1.62. The van der Waals surface area contributed by atoms with Gasteiger partial charge in [-0.25, -0.2) is 0 Å². The standard InChI is InChI=1S/C32H46O4/c1-18(2)19(3)7-8-20(4)22-9-10-23-29(22,5)13-12-24-30(6)14-11-21(33)17-31(30)15-16-32(23,24)26-25(31)27(34)36-28(26)35/h7-8,15-16,18-26,33H,9-14,17H2,1-6H3/t19-,20+,21-,22+,23+,24+,25?,26?,29+,30+,31-,32-/m0/s1. The van der Waals surface area contributed by atoms with Gasteiger partial charge in [-0.2, -0.15) is 0 Å². The molecule has 1 heterocycles. The van der Waals surface area contributed by atoms with Gasteiger partial charge < -0.3 is 9.84 Å².